The van der Waals surface area contributed by atoms with Crippen molar-refractivity contribution in [2.75, 3.05) is 0 Å². The molecule has 0 aliphatic carbocycles. The van der Waals surface area contributed by atoms with Gasteiger partial charge in [0, 0.05) is 5.56 Å². The van der Waals surface area contributed by atoms with E-state index in [1.165, 1.54) is 23.1 Å². The number of aromatic nitrogens is 5. The van der Waals surface area contributed by atoms with E-state index in [-0.39, 0.29) is 0 Å². The fourth-order valence-electron chi connectivity index (χ4n) is 2.23. The zero-order chi connectivity index (χ0) is 17.2. The summed E-state index contributed by atoms with van der Waals surface area (Å²) in [5.74, 6) is 2.02. The molecular formula is C16H13N5O2S2. The van der Waals surface area contributed by atoms with Crippen LogP contribution < -0.4 is 0 Å². The molecule has 1 aromatic carbocycles. The highest BCUT2D eigenvalue weighted by Gasteiger charge is 2.16. The van der Waals surface area contributed by atoms with Gasteiger partial charge >= 0.3 is 0 Å². The summed E-state index contributed by atoms with van der Waals surface area (Å²) in [6, 6.07) is 9.68. The third-order valence-corrected chi connectivity index (χ3v) is 5.19. The standard InChI is InChI=1S/C16H13N5O2S2/c1-9-13(25-10(2)17-9)15-19-20-16(22-15)24-8-12-18-14(21-23-12)11-6-4-3-5-7-11/h3-7H,8H2,1-2H3. The Labute approximate surface area is 151 Å². The number of hydrogen-bond acceptors (Lipinski definition) is 9. The molecule has 0 saturated carbocycles. The van der Waals surface area contributed by atoms with Crippen molar-refractivity contribution in [3.8, 4) is 22.2 Å². The van der Waals surface area contributed by atoms with Crippen molar-refractivity contribution in [3.05, 3.63) is 46.9 Å². The fraction of sp³-hybridized carbons (Fsp3) is 0.188. The third kappa shape index (κ3) is 3.47. The number of aryl methyl sites for hydroxylation is 2. The Bertz CT molecular complexity index is 993. The lowest BCUT2D eigenvalue weighted by Crippen LogP contribution is -1.82. The van der Waals surface area contributed by atoms with Gasteiger partial charge in [0.05, 0.1) is 16.5 Å². The van der Waals surface area contributed by atoms with Crippen LogP contribution in [0.5, 0.6) is 0 Å². The van der Waals surface area contributed by atoms with E-state index in [0.29, 0.717) is 28.6 Å². The Morgan fingerprint density at radius 3 is 2.68 bits per heavy atom. The van der Waals surface area contributed by atoms with Crippen molar-refractivity contribution < 1.29 is 8.94 Å². The second-order valence-electron chi connectivity index (χ2n) is 5.19. The first-order valence-corrected chi connectivity index (χ1v) is 9.28. The smallest absolute Gasteiger partial charge is 0.277 e. The highest BCUT2D eigenvalue weighted by Crippen LogP contribution is 2.31. The van der Waals surface area contributed by atoms with Crippen molar-refractivity contribution in [1.29, 1.82) is 0 Å². The summed E-state index contributed by atoms with van der Waals surface area (Å²) < 4.78 is 11.0. The summed E-state index contributed by atoms with van der Waals surface area (Å²) in [6.07, 6.45) is 0. The normalized spacial score (nSPS) is 11.1. The molecule has 0 unspecified atom stereocenters. The van der Waals surface area contributed by atoms with Gasteiger partial charge in [-0.25, -0.2) is 4.98 Å². The zero-order valence-electron chi connectivity index (χ0n) is 13.5. The van der Waals surface area contributed by atoms with E-state index in [1.54, 1.807) is 0 Å². The molecular weight excluding hydrogens is 358 g/mol. The molecule has 0 aliphatic rings. The minimum absolute atomic E-state index is 0.458. The molecule has 3 aromatic heterocycles. The highest BCUT2D eigenvalue weighted by molar-refractivity contribution is 7.98. The summed E-state index contributed by atoms with van der Waals surface area (Å²) in [4.78, 5) is 9.66. The second-order valence-corrected chi connectivity index (χ2v) is 7.32. The average molecular weight is 371 g/mol. The van der Waals surface area contributed by atoms with Crippen LogP contribution in [-0.2, 0) is 5.75 Å². The van der Waals surface area contributed by atoms with Crippen LogP contribution in [0.15, 0.2) is 44.5 Å². The molecule has 0 aliphatic heterocycles. The molecule has 0 N–H and O–H groups in total. The van der Waals surface area contributed by atoms with Gasteiger partial charge in [-0.2, -0.15) is 4.98 Å². The maximum Gasteiger partial charge on any atom is 0.277 e. The lowest BCUT2D eigenvalue weighted by molar-refractivity contribution is 0.391. The highest BCUT2D eigenvalue weighted by atomic mass is 32.2. The van der Waals surface area contributed by atoms with Crippen LogP contribution in [0, 0.1) is 13.8 Å². The van der Waals surface area contributed by atoms with E-state index in [0.717, 1.165) is 21.1 Å². The van der Waals surface area contributed by atoms with Gasteiger partial charge in [0.1, 0.15) is 4.88 Å². The molecule has 0 radical (unpaired) electrons. The lowest BCUT2D eigenvalue weighted by atomic mass is 10.2. The molecule has 0 spiro atoms. The van der Waals surface area contributed by atoms with Crippen LogP contribution in [-0.4, -0.2) is 25.3 Å². The first kappa shape index (κ1) is 16.0. The molecule has 0 saturated heterocycles. The Morgan fingerprint density at radius 2 is 1.92 bits per heavy atom. The van der Waals surface area contributed by atoms with Gasteiger partial charge in [-0.15, -0.1) is 21.5 Å². The quantitative estimate of drug-likeness (QED) is 0.483. The van der Waals surface area contributed by atoms with E-state index in [4.69, 9.17) is 8.94 Å². The predicted octanol–water partition coefficient (Wildman–Crippen LogP) is 4.15. The first-order valence-electron chi connectivity index (χ1n) is 7.48. The maximum atomic E-state index is 5.70. The van der Waals surface area contributed by atoms with Gasteiger partial charge in [0.15, 0.2) is 0 Å². The predicted molar refractivity (Wildman–Crippen MR) is 94.2 cm³/mol. The largest absolute Gasteiger partial charge is 0.410 e. The van der Waals surface area contributed by atoms with E-state index in [9.17, 15) is 0 Å². The number of thioether (sulfide) groups is 1. The number of hydrogen-bond donors (Lipinski definition) is 0. The summed E-state index contributed by atoms with van der Waals surface area (Å²) in [7, 11) is 0. The molecule has 0 atom stereocenters. The van der Waals surface area contributed by atoms with Crippen molar-refractivity contribution in [1.82, 2.24) is 25.3 Å². The average Bonchev–Trinajstić information content (AvgIpc) is 3.33. The van der Waals surface area contributed by atoms with Gasteiger partial charge < -0.3 is 8.94 Å². The molecule has 4 aromatic rings. The first-order chi connectivity index (χ1) is 12.2. The van der Waals surface area contributed by atoms with E-state index >= 15 is 0 Å². The number of nitrogens with zero attached hydrogens (tertiary/aromatic N) is 5. The van der Waals surface area contributed by atoms with Gasteiger partial charge in [-0.3, -0.25) is 0 Å². The van der Waals surface area contributed by atoms with E-state index in [2.05, 4.69) is 25.3 Å². The molecule has 0 bridgehead atoms. The van der Waals surface area contributed by atoms with Crippen molar-refractivity contribution in [2.24, 2.45) is 0 Å². The summed E-state index contributed by atoms with van der Waals surface area (Å²) in [5, 5.41) is 13.6. The van der Waals surface area contributed by atoms with Crippen molar-refractivity contribution >= 4 is 23.1 Å². The summed E-state index contributed by atoms with van der Waals surface area (Å²) in [6.45, 7) is 3.88. The van der Waals surface area contributed by atoms with Gasteiger partial charge in [-0.1, -0.05) is 47.3 Å². The van der Waals surface area contributed by atoms with Crippen LogP contribution in [0.1, 0.15) is 16.6 Å². The van der Waals surface area contributed by atoms with Gasteiger partial charge in [0.2, 0.25) is 11.7 Å². The monoisotopic (exact) mass is 371 g/mol. The van der Waals surface area contributed by atoms with Gasteiger partial charge in [-0.05, 0) is 13.8 Å². The molecule has 7 nitrogen and oxygen atoms in total. The Balaban J connectivity index is 1.44. The topological polar surface area (TPSA) is 90.7 Å². The summed E-state index contributed by atoms with van der Waals surface area (Å²) in [5.41, 5.74) is 1.81. The second kappa shape index (κ2) is 6.77. The fourth-order valence-corrected chi connectivity index (χ4v) is 3.67. The minimum atomic E-state index is 0.458. The Hall–Kier alpha value is -2.52. The van der Waals surface area contributed by atoms with Crippen molar-refractivity contribution in [3.63, 3.8) is 0 Å². The Kier molecular flexibility index (Phi) is 4.33. The van der Waals surface area contributed by atoms with E-state index < -0.39 is 0 Å². The SMILES string of the molecule is Cc1nc(C)c(-c2nnc(SCc3nc(-c4ccccc4)no3)o2)s1. The Morgan fingerprint density at radius 1 is 1.08 bits per heavy atom. The maximum absolute atomic E-state index is 5.70. The number of thiazole rings is 1. The molecule has 3 heterocycles. The van der Waals surface area contributed by atoms with Crippen LogP contribution in [0.25, 0.3) is 22.2 Å². The zero-order valence-corrected chi connectivity index (χ0v) is 15.1. The molecule has 0 amide bonds. The molecule has 9 heteroatoms. The van der Waals surface area contributed by atoms with Crippen LogP contribution in [0.4, 0.5) is 0 Å². The van der Waals surface area contributed by atoms with Crippen LogP contribution >= 0.6 is 23.1 Å². The molecule has 0 fully saturated rings. The summed E-state index contributed by atoms with van der Waals surface area (Å²) >= 11 is 2.90. The lowest BCUT2D eigenvalue weighted by Gasteiger charge is -1.91. The van der Waals surface area contributed by atoms with Gasteiger partial charge in [0.25, 0.3) is 11.1 Å². The molecule has 4 rings (SSSR count). The molecule has 126 valence electrons. The third-order valence-electron chi connectivity index (χ3n) is 3.32. The number of rotatable bonds is 5. The van der Waals surface area contributed by atoms with Crippen LogP contribution in [0.3, 0.4) is 0 Å². The molecule has 25 heavy (non-hydrogen) atoms. The number of benzene rings is 1. The van der Waals surface area contributed by atoms with Crippen molar-refractivity contribution in [2.45, 2.75) is 24.8 Å². The van der Waals surface area contributed by atoms with Crippen LogP contribution in [0.2, 0.25) is 0 Å². The van der Waals surface area contributed by atoms with E-state index in [1.807, 2.05) is 44.2 Å². The minimum Gasteiger partial charge on any atom is -0.410 e.